The van der Waals surface area contributed by atoms with Gasteiger partial charge in [-0.2, -0.15) is 12.6 Å². The second-order valence-corrected chi connectivity index (χ2v) is 7.49. The molecule has 0 saturated heterocycles. The van der Waals surface area contributed by atoms with Crippen molar-refractivity contribution in [2.75, 3.05) is 13.7 Å². The third-order valence-electron chi connectivity index (χ3n) is 5.20. The van der Waals surface area contributed by atoms with Crippen LogP contribution in [0.15, 0.2) is 47.8 Å². The van der Waals surface area contributed by atoms with Crippen LogP contribution in [0.2, 0.25) is 0 Å². The molecule has 4 atom stereocenters. The van der Waals surface area contributed by atoms with Crippen LogP contribution in [0.4, 0.5) is 0 Å². The molecule has 0 fully saturated rings. The van der Waals surface area contributed by atoms with Gasteiger partial charge in [0.05, 0.1) is 19.8 Å². The third kappa shape index (κ3) is 3.72. The largest absolute Gasteiger partial charge is 0.497 e. The Labute approximate surface area is 155 Å². The molecule has 5 heteroatoms. The molecule has 0 aromatic heterocycles. The molecule has 0 heterocycles. The molecule has 4 unspecified atom stereocenters. The van der Waals surface area contributed by atoms with Crippen molar-refractivity contribution < 1.29 is 19.4 Å². The first-order valence-corrected chi connectivity index (χ1v) is 9.18. The monoisotopic (exact) mass is 364 g/mol. The first kappa shape index (κ1) is 19.9. The van der Waals surface area contributed by atoms with Crippen LogP contribution < -0.4 is 0 Å². The summed E-state index contributed by atoms with van der Waals surface area (Å²) in [6.45, 7) is 5.84. The Kier molecular flexibility index (Phi) is 6.22. The Hall–Kier alpha value is -1.46. The average molecular weight is 365 g/mol. The van der Waals surface area contributed by atoms with Gasteiger partial charge < -0.3 is 14.6 Å². The summed E-state index contributed by atoms with van der Waals surface area (Å²) >= 11 is 5.02. The van der Waals surface area contributed by atoms with Crippen molar-refractivity contribution in [3.05, 3.63) is 47.8 Å². The first-order chi connectivity index (χ1) is 11.8. The van der Waals surface area contributed by atoms with Crippen molar-refractivity contribution in [3.8, 4) is 0 Å². The Balaban J connectivity index is 2.36. The van der Waals surface area contributed by atoms with E-state index in [0.717, 1.165) is 24.2 Å². The summed E-state index contributed by atoms with van der Waals surface area (Å²) in [4.78, 5) is 12.4. The summed E-state index contributed by atoms with van der Waals surface area (Å²) in [6.07, 6.45) is 12.2. The van der Waals surface area contributed by atoms with E-state index in [1.165, 1.54) is 0 Å². The summed E-state index contributed by atoms with van der Waals surface area (Å²) in [5.74, 6) is 0.595. The van der Waals surface area contributed by atoms with Crippen LogP contribution >= 0.6 is 12.6 Å². The van der Waals surface area contributed by atoms with Crippen LogP contribution in [0.3, 0.4) is 0 Å². The minimum absolute atomic E-state index is 0.164. The van der Waals surface area contributed by atoms with E-state index in [2.05, 4.69) is 19.1 Å². The highest BCUT2D eigenvalue weighted by Crippen LogP contribution is 2.45. The van der Waals surface area contributed by atoms with E-state index in [1.54, 1.807) is 27.0 Å². The molecule has 2 aliphatic carbocycles. The SMILES string of the molecule is CCOC(=O)C1(C)C=C(C(S)(CC)C2C=CC(OC)=CC2)C=CC1O. The number of allylic oxidation sites excluding steroid dienone is 4. The highest BCUT2D eigenvalue weighted by Gasteiger charge is 2.45. The molecular formula is C20H28O4S. The van der Waals surface area contributed by atoms with Gasteiger partial charge in [0.15, 0.2) is 0 Å². The smallest absolute Gasteiger partial charge is 0.318 e. The molecular weight excluding hydrogens is 336 g/mol. The predicted octanol–water partition coefficient (Wildman–Crippen LogP) is 3.60. The van der Waals surface area contributed by atoms with Gasteiger partial charge in [-0.05, 0) is 50.3 Å². The average Bonchev–Trinajstić information content (AvgIpc) is 2.63. The molecule has 4 nitrogen and oxygen atoms in total. The van der Waals surface area contributed by atoms with Gasteiger partial charge in [0.1, 0.15) is 11.2 Å². The van der Waals surface area contributed by atoms with Crippen LogP contribution in [-0.2, 0) is 14.3 Å². The molecule has 0 radical (unpaired) electrons. The Morgan fingerprint density at radius 3 is 2.64 bits per heavy atom. The minimum atomic E-state index is -1.10. The van der Waals surface area contributed by atoms with E-state index in [1.807, 2.05) is 18.2 Å². The third-order valence-corrected chi connectivity index (χ3v) is 6.10. The molecule has 138 valence electrons. The molecule has 0 bridgehead atoms. The maximum Gasteiger partial charge on any atom is 0.318 e. The second-order valence-electron chi connectivity index (χ2n) is 6.70. The van der Waals surface area contributed by atoms with Gasteiger partial charge in [0.2, 0.25) is 0 Å². The lowest BCUT2D eigenvalue weighted by atomic mass is 9.71. The summed E-state index contributed by atoms with van der Waals surface area (Å²) in [5, 5.41) is 10.4. The Bertz CT molecular complexity index is 634. The van der Waals surface area contributed by atoms with Crippen LogP contribution in [0.1, 0.15) is 33.6 Å². The summed E-state index contributed by atoms with van der Waals surface area (Å²) in [5.41, 5.74) is -0.169. The number of methoxy groups -OCH3 is 1. The van der Waals surface area contributed by atoms with Crippen molar-refractivity contribution >= 4 is 18.6 Å². The van der Waals surface area contributed by atoms with Crippen LogP contribution in [0.25, 0.3) is 0 Å². The summed E-state index contributed by atoms with van der Waals surface area (Å²) in [6, 6.07) is 0. The number of thiol groups is 1. The molecule has 25 heavy (non-hydrogen) atoms. The summed E-state index contributed by atoms with van der Waals surface area (Å²) < 4.78 is 10.00. The molecule has 0 aromatic carbocycles. The lowest BCUT2D eigenvalue weighted by molar-refractivity contribution is -0.155. The van der Waals surface area contributed by atoms with Crippen LogP contribution in [0, 0.1) is 11.3 Å². The van der Waals surface area contributed by atoms with E-state index in [-0.39, 0.29) is 12.5 Å². The molecule has 0 amide bonds. The number of esters is 1. The molecule has 0 spiro atoms. The lowest BCUT2D eigenvalue weighted by Crippen LogP contribution is -2.43. The zero-order chi connectivity index (χ0) is 18.7. The quantitative estimate of drug-likeness (QED) is 0.559. The fourth-order valence-electron chi connectivity index (χ4n) is 3.37. The molecule has 0 aromatic rings. The number of rotatable bonds is 6. The number of carbonyl (C=O) groups excluding carboxylic acids is 1. The second kappa shape index (κ2) is 7.83. The van der Waals surface area contributed by atoms with Crippen molar-refractivity contribution in [3.63, 3.8) is 0 Å². The van der Waals surface area contributed by atoms with E-state index in [4.69, 9.17) is 22.1 Å². The van der Waals surface area contributed by atoms with Gasteiger partial charge in [0.25, 0.3) is 0 Å². The number of carbonyl (C=O) groups is 1. The number of aliphatic hydroxyl groups is 1. The highest BCUT2D eigenvalue weighted by molar-refractivity contribution is 7.82. The zero-order valence-electron chi connectivity index (χ0n) is 15.4. The van der Waals surface area contributed by atoms with Gasteiger partial charge in [-0.15, -0.1) is 0 Å². The Morgan fingerprint density at radius 2 is 2.12 bits per heavy atom. The van der Waals surface area contributed by atoms with Crippen LogP contribution in [0.5, 0.6) is 0 Å². The van der Waals surface area contributed by atoms with Gasteiger partial charge in [0, 0.05) is 4.75 Å². The van der Waals surface area contributed by atoms with Gasteiger partial charge in [-0.1, -0.05) is 31.2 Å². The Morgan fingerprint density at radius 1 is 1.40 bits per heavy atom. The van der Waals surface area contributed by atoms with E-state index in [0.29, 0.717) is 0 Å². The fourth-order valence-corrected chi connectivity index (χ4v) is 3.70. The highest BCUT2D eigenvalue weighted by atomic mass is 32.1. The zero-order valence-corrected chi connectivity index (χ0v) is 16.3. The molecule has 0 aliphatic heterocycles. The standard InChI is InChI=1S/C20H28O4S/c1-5-20(25,14-7-10-16(23-4)11-8-14)15-9-12-17(21)19(3,13-15)18(22)24-6-2/h7,9-14,17,21,25H,5-6,8H2,1-4H3. The molecule has 0 saturated carbocycles. The fraction of sp³-hybridized carbons (Fsp3) is 0.550. The van der Waals surface area contributed by atoms with E-state index < -0.39 is 22.2 Å². The number of hydrogen-bond donors (Lipinski definition) is 2. The molecule has 2 aliphatic rings. The first-order valence-electron chi connectivity index (χ1n) is 8.73. The summed E-state index contributed by atoms with van der Waals surface area (Å²) in [7, 11) is 1.66. The molecule has 1 N–H and O–H groups in total. The maximum absolute atomic E-state index is 12.4. The van der Waals surface area contributed by atoms with Crippen LogP contribution in [-0.4, -0.2) is 35.6 Å². The minimum Gasteiger partial charge on any atom is -0.497 e. The van der Waals surface area contributed by atoms with E-state index in [9.17, 15) is 9.90 Å². The van der Waals surface area contributed by atoms with Gasteiger partial charge in [-0.25, -0.2) is 0 Å². The van der Waals surface area contributed by atoms with Crippen molar-refractivity contribution in [2.24, 2.45) is 11.3 Å². The number of ether oxygens (including phenoxy) is 2. The topological polar surface area (TPSA) is 55.8 Å². The maximum atomic E-state index is 12.4. The number of aliphatic hydroxyl groups excluding tert-OH is 1. The predicted molar refractivity (Wildman–Crippen MR) is 102 cm³/mol. The van der Waals surface area contributed by atoms with Crippen molar-refractivity contribution in [1.29, 1.82) is 0 Å². The van der Waals surface area contributed by atoms with Gasteiger partial charge >= 0.3 is 5.97 Å². The normalized spacial score (nSPS) is 31.0. The van der Waals surface area contributed by atoms with Gasteiger partial charge in [-0.3, -0.25) is 4.79 Å². The van der Waals surface area contributed by atoms with E-state index >= 15 is 0 Å². The van der Waals surface area contributed by atoms with Crippen molar-refractivity contribution in [1.82, 2.24) is 0 Å². The van der Waals surface area contributed by atoms with Crippen molar-refractivity contribution in [2.45, 2.75) is 44.5 Å². The number of hydrogen-bond acceptors (Lipinski definition) is 5. The molecule has 2 rings (SSSR count). The lowest BCUT2D eigenvalue weighted by Gasteiger charge is -2.40.